The lowest BCUT2D eigenvalue weighted by atomic mass is 10.1. The SMILES string of the molecule is Cc1ccc(OCCC(C)CCCl)cc1C. The van der Waals surface area contributed by atoms with E-state index in [1.165, 1.54) is 11.1 Å². The fraction of sp³-hybridized carbons (Fsp3) is 0.571. The molecule has 0 saturated heterocycles. The molecule has 0 saturated carbocycles. The first kappa shape index (κ1) is 13.4. The van der Waals surface area contributed by atoms with Crippen molar-refractivity contribution in [1.29, 1.82) is 0 Å². The van der Waals surface area contributed by atoms with Gasteiger partial charge in [0.05, 0.1) is 6.61 Å². The second-order valence-corrected chi connectivity index (χ2v) is 4.84. The summed E-state index contributed by atoms with van der Waals surface area (Å²) >= 11 is 5.69. The average molecular weight is 241 g/mol. The average Bonchev–Trinajstić information content (AvgIpc) is 2.24. The van der Waals surface area contributed by atoms with Crippen LogP contribution in [-0.4, -0.2) is 12.5 Å². The van der Waals surface area contributed by atoms with Gasteiger partial charge in [-0.3, -0.25) is 0 Å². The molecule has 2 heteroatoms. The number of hydrogen-bond donors (Lipinski definition) is 0. The van der Waals surface area contributed by atoms with E-state index in [4.69, 9.17) is 16.3 Å². The van der Waals surface area contributed by atoms with Crippen molar-refractivity contribution in [2.24, 2.45) is 5.92 Å². The number of alkyl halides is 1. The van der Waals surface area contributed by atoms with Crippen molar-refractivity contribution >= 4 is 11.6 Å². The monoisotopic (exact) mass is 240 g/mol. The zero-order valence-electron chi connectivity index (χ0n) is 10.4. The summed E-state index contributed by atoms with van der Waals surface area (Å²) in [5.41, 5.74) is 2.59. The molecule has 90 valence electrons. The maximum absolute atomic E-state index is 5.72. The van der Waals surface area contributed by atoms with E-state index in [1.54, 1.807) is 0 Å². The van der Waals surface area contributed by atoms with Crippen LogP contribution in [0.2, 0.25) is 0 Å². The molecule has 0 N–H and O–H groups in total. The summed E-state index contributed by atoms with van der Waals surface area (Å²) in [4.78, 5) is 0. The number of hydrogen-bond acceptors (Lipinski definition) is 1. The molecule has 0 amide bonds. The summed E-state index contributed by atoms with van der Waals surface area (Å²) in [5.74, 6) is 2.36. The van der Waals surface area contributed by atoms with Crippen LogP contribution in [0.1, 0.15) is 30.9 Å². The molecule has 1 nitrogen and oxygen atoms in total. The quantitative estimate of drug-likeness (QED) is 0.673. The Morgan fingerprint density at radius 1 is 1.19 bits per heavy atom. The van der Waals surface area contributed by atoms with Crippen LogP contribution in [0.15, 0.2) is 18.2 Å². The van der Waals surface area contributed by atoms with Crippen molar-refractivity contribution in [1.82, 2.24) is 0 Å². The van der Waals surface area contributed by atoms with Crippen LogP contribution in [-0.2, 0) is 0 Å². The minimum atomic E-state index is 0.643. The van der Waals surface area contributed by atoms with Crippen LogP contribution >= 0.6 is 11.6 Å². The van der Waals surface area contributed by atoms with Crippen LogP contribution in [0.25, 0.3) is 0 Å². The smallest absolute Gasteiger partial charge is 0.119 e. The summed E-state index contributed by atoms with van der Waals surface area (Å²) in [7, 11) is 0. The van der Waals surface area contributed by atoms with Crippen molar-refractivity contribution in [3.05, 3.63) is 29.3 Å². The minimum absolute atomic E-state index is 0.643. The Morgan fingerprint density at radius 3 is 2.56 bits per heavy atom. The standard InChI is InChI=1S/C14H21ClO/c1-11(6-8-15)7-9-16-14-5-4-12(2)13(3)10-14/h4-5,10-11H,6-9H2,1-3H3. The van der Waals surface area contributed by atoms with E-state index in [0.29, 0.717) is 5.92 Å². The Balaban J connectivity index is 2.34. The fourth-order valence-corrected chi connectivity index (χ4v) is 1.88. The number of aryl methyl sites for hydroxylation is 2. The molecule has 0 aliphatic rings. The first-order valence-corrected chi connectivity index (χ1v) is 6.43. The molecule has 1 aromatic rings. The van der Waals surface area contributed by atoms with E-state index in [9.17, 15) is 0 Å². The third-order valence-corrected chi connectivity index (χ3v) is 3.18. The third-order valence-electron chi connectivity index (χ3n) is 2.96. The molecule has 0 heterocycles. The van der Waals surface area contributed by atoms with Crippen molar-refractivity contribution in [2.45, 2.75) is 33.6 Å². The Labute approximate surface area is 104 Å². The Hall–Kier alpha value is -0.690. The molecule has 1 rings (SSSR count). The van der Waals surface area contributed by atoms with Crippen molar-refractivity contribution in [2.75, 3.05) is 12.5 Å². The van der Waals surface area contributed by atoms with E-state index in [2.05, 4.69) is 32.9 Å². The van der Waals surface area contributed by atoms with Crippen LogP contribution in [0.3, 0.4) is 0 Å². The van der Waals surface area contributed by atoms with E-state index >= 15 is 0 Å². The molecule has 0 bridgehead atoms. The van der Waals surface area contributed by atoms with Crippen LogP contribution in [0.5, 0.6) is 5.75 Å². The molecule has 1 unspecified atom stereocenters. The van der Waals surface area contributed by atoms with Gasteiger partial charge in [0.1, 0.15) is 5.75 Å². The van der Waals surface area contributed by atoms with Gasteiger partial charge in [0.2, 0.25) is 0 Å². The molecule has 0 aromatic heterocycles. The summed E-state index contributed by atoms with van der Waals surface area (Å²) in [5, 5.41) is 0. The summed E-state index contributed by atoms with van der Waals surface area (Å²) < 4.78 is 5.72. The molecular weight excluding hydrogens is 220 g/mol. The largest absolute Gasteiger partial charge is 0.494 e. The highest BCUT2D eigenvalue weighted by molar-refractivity contribution is 6.17. The molecular formula is C14H21ClO. The molecule has 0 aliphatic heterocycles. The highest BCUT2D eigenvalue weighted by Gasteiger charge is 2.02. The van der Waals surface area contributed by atoms with Gasteiger partial charge in [0.25, 0.3) is 0 Å². The van der Waals surface area contributed by atoms with Crippen molar-refractivity contribution in [3.63, 3.8) is 0 Å². The first-order chi connectivity index (χ1) is 7.63. The zero-order chi connectivity index (χ0) is 12.0. The van der Waals surface area contributed by atoms with Gasteiger partial charge < -0.3 is 4.74 Å². The summed E-state index contributed by atoms with van der Waals surface area (Å²) in [6.45, 7) is 7.21. The second-order valence-electron chi connectivity index (χ2n) is 4.47. The molecule has 0 spiro atoms. The van der Waals surface area contributed by atoms with E-state index < -0.39 is 0 Å². The molecule has 0 aliphatic carbocycles. The van der Waals surface area contributed by atoms with Crippen molar-refractivity contribution in [3.8, 4) is 5.75 Å². The van der Waals surface area contributed by atoms with Gasteiger partial charge in [-0.25, -0.2) is 0 Å². The fourth-order valence-electron chi connectivity index (χ4n) is 1.51. The summed E-state index contributed by atoms with van der Waals surface area (Å²) in [6, 6.07) is 6.24. The van der Waals surface area contributed by atoms with E-state index in [-0.39, 0.29) is 0 Å². The molecule has 0 fully saturated rings. The predicted molar refractivity (Wildman–Crippen MR) is 70.5 cm³/mol. The van der Waals surface area contributed by atoms with E-state index in [1.807, 2.05) is 6.07 Å². The molecule has 0 radical (unpaired) electrons. The van der Waals surface area contributed by atoms with Gasteiger partial charge in [-0.1, -0.05) is 13.0 Å². The van der Waals surface area contributed by atoms with Gasteiger partial charge in [-0.15, -0.1) is 11.6 Å². The Kier molecular flexibility index (Phi) is 5.68. The number of benzene rings is 1. The predicted octanol–water partition coefficient (Wildman–Crippen LogP) is 4.34. The van der Waals surface area contributed by atoms with E-state index in [0.717, 1.165) is 31.1 Å². The van der Waals surface area contributed by atoms with Gasteiger partial charge in [-0.2, -0.15) is 0 Å². The normalized spacial score (nSPS) is 12.5. The topological polar surface area (TPSA) is 9.23 Å². The summed E-state index contributed by atoms with van der Waals surface area (Å²) in [6.07, 6.45) is 2.14. The van der Waals surface area contributed by atoms with Crippen LogP contribution < -0.4 is 4.74 Å². The van der Waals surface area contributed by atoms with Crippen molar-refractivity contribution < 1.29 is 4.74 Å². The van der Waals surface area contributed by atoms with Gasteiger partial charge in [0.15, 0.2) is 0 Å². The molecule has 1 aromatic carbocycles. The van der Waals surface area contributed by atoms with Crippen LogP contribution in [0.4, 0.5) is 0 Å². The number of rotatable bonds is 6. The maximum Gasteiger partial charge on any atom is 0.119 e. The minimum Gasteiger partial charge on any atom is -0.494 e. The number of ether oxygens (including phenoxy) is 1. The Bertz CT molecular complexity index is 323. The number of halogens is 1. The molecule has 1 atom stereocenters. The highest BCUT2D eigenvalue weighted by atomic mass is 35.5. The zero-order valence-corrected chi connectivity index (χ0v) is 11.2. The second kappa shape index (κ2) is 6.80. The van der Waals surface area contributed by atoms with Gasteiger partial charge in [-0.05, 0) is 55.9 Å². The van der Waals surface area contributed by atoms with Crippen LogP contribution in [0, 0.1) is 19.8 Å². The Morgan fingerprint density at radius 2 is 1.94 bits per heavy atom. The van der Waals surface area contributed by atoms with Gasteiger partial charge in [0, 0.05) is 5.88 Å². The lowest BCUT2D eigenvalue weighted by Gasteiger charge is -2.11. The lowest BCUT2D eigenvalue weighted by molar-refractivity contribution is 0.282. The van der Waals surface area contributed by atoms with Gasteiger partial charge >= 0.3 is 0 Å². The first-order valence-electron chi connectivity index (χ1n) is 5.89. The maximum atomic E-state index is 5.72. The third kappa shape index (κ3) is 4.44. The lowest BCUT2D eigenvalue weighted by Crippen LogP contribution is -2.04. The molecule has 16 heavy (non-hydrogen) atoms. The highest BCUT2D eigenvalue weighted by Crippen LogP contribution is 2.17.